The number of aliphatic hydroxyl groups is 1. The van der Waals surface area contributed by atoms with Crippen LogP contribution in [0.15, 0.2) is 10.7 Å². The topological polar surface area (TPSA) is 63.6 Å². The van der Waals surface area contributed by atoms with E-state index in [9.17, 15) is 9.59 Å². The van der Waals surface area contributed by atoms with Gasteiger partial charge >= 0.3 is 5.97 Å². The lowest BCUT2D eigenvalue weighted by atomic mass is 10.5. The Balaban J connectivity index is 2.75. The molecule has 0 unspecified atom stereocenters. The third-order valence-electron chi connectivity index (χ3n) is 1.03. The molecule has 0 atom stereocenters. The molecule has 0 aromatic heterocycles. The number of hydrogen-bond donors (Lipinski definition) is 1. The minimum atomic E-state index is -0.622. The van der Waals surface area contributed by atoms with Crippen molar-refractivity contribution in [3.63, 3.8) is 0 Å². The number of carbonyl (C=O) groups is 2. The Labute approximate surface area is 67.2 Å². The highest BCUT2D eigenvalue weighted by Gasteiger charge is 2.26. The van der Waals surface area contributed by atoms with E-state index >= 15 is 0 Å². The van der Waals surface area contributed by atoms with Crippen LogP contribution in [0.3, 0.4) is 0 Å². The molecule has 0 aromatic rings. The zero-order valence-electron chi connectivity index (χ0n) is 5.79. The van der Waals surface area contributed by atoms with Crippen LogP contribution < -0.4 is 0 Å². The van der Waals surface area contributed by atoms with Gasteiger partial charge in [-0.05, 0) is 11.8 Å². The molecule has 0 radical (unpaired) electrons. The molecule has 11 heavy (non-hydrogen) atoms. The molecule has 0 bridgehead atoms. The van der Waals surface area contributed by atoms with E-state index in [0.717, 1.165) is 0 Å². The van der Waals surface area contributed by atoms with E-state index in [1.165, 1.54) is 6.92 Å². The Morgan fingerprint density at radius 3 is 2.73 bits per heavy atom. The van der Waals surface area contributed by atoms with Gasteiger partial charge in [-0.15, -0.1) is 0 Å². The van der Waals surface area contributed by atoms with Crippen molar-refractivity contribution in [3.05, 3.63) is 10.7 Å². The first-order chi connectivity index (χ1) is 5.11. The van der Waals surface area contributed by atoms with Gasteiger partial charge in [0.05, 0.1) is 0 Å². The van der Waals surface area contributed by atoms with Crippen LogP contribution in [0.4, 0.5) is 0 Å². The zero-order valence-corrected chi connectivity index (χ0v) is 6.60. The number of esters is 1. The minimum Gasteiger partial charge on any atom is -0.507 e. The summed E-state index contributed by atoms with van der Waals surface area (Å²) in [4.78, 5) is 21.2. The molecular weight excluding hydrogens is 168 g/mol. The third kappa shape index (κ3) is 1.74. The summed E-state index contributed by atoms with van der Waals surface area (Å²) >= 11 is 0.694. The molecule has 0 spiro atoms. The van der Waals surface area contributed by atoms with Crippen LogP contribution in [0.2, 0.25) is 0 Å². The number of cyclic esters (lactones) is 1. The first-order valence-electron chi connectivity index (χ1n) is 2.89. The number of carbonyl (C=O) groups excluding carboxylic acids is 2. The van der Waals surface area contributed by atoms with E-state index in [1.54, 1.807) is 0 Å². The molecule has 0 aromatic carbocycles. The van der Waals surface area contributed by atoms with Crippen LogP contribution in [0.5, 0.6) is 0 Å². The number of aliphatic hydroxyl groups excluding tert-OH is 1. The minimum absolute atomic E-state index is 0.0116. The summed E-state index contributed by atoms with van der Waals surface area (Å²) in [6, 6.07) is 0. The highest BCUT2D eigenvalue weighted by atomic mass is 32.2. The fourth-order valence-corrected chi connectivity index (χ4v) is 1.23. The molecule has 1 heterocycles. The van der Waals surface area contributed by atoms with Crippen LogP contribution in [0, 0.1) is 0 Å². The van der Waals surface area contributed by atoms with Crippen molar-refractivity contribution >= 4 is 22.8 Å². The Hall–Kier alpha value is -0.970. The molecule has 4 nitrogen and oxygen atoms in total. The monoisotopic (exact) mass is 174 g/mol. The predicted molar refractivity (Wildman–Crippen MR) is 38.9 cm³/mol. The molecule has 0 saturated heterocycles. The molecule has 5 heteroatoms. The lowest BCUT2D eigenvalue weighted by molar-refractivity contribution is -0.135. The van der Waals surface area contributed by atoms with Crippen molar-refractivity contribution in [2.45, 2.75) is 6.92 Å². The maximum atomic E-state index is 10.7. The Morgan fingerprint density at radius 2 is 2.36 bits per heavy atom. The van der Waals surface area contributed by atoms with E-state index < -0.39 is 5.97 Å². The van der Waals surface area contributed by atoms with Crippen LogP contribution in [-0.2, 0) is 14.3 Å². The largest absolute Gasteiger partial charge is 0.507 e. The molecule has 60 valence electrons. The fourth-order valence-electron chi connectivity index (χ4n) is 0.627. The van der Waals surface area contributed by atoms with Crippen LogP contribution in [0.1, 0.15) is 6.92 Å². The fraction of sp³-hybridized carbons (Fsp3) is 0.333. The lowest BCUT2D eigenvalue weighted by Crippen LogP contribution is -1.97. The van der Waals surface area contributed by atoms with Gasteiger partial charge in [0.25, 0.3) is 0 Å². The summed E-state index contributed by atoms with van der Waals surface area (Å²) in [6.07, 6.45) is 0. The molecule has 0 aliphatic carbocycles. The van der Waals surface area contributed by atoms with E-state index in [0.29, 0.717) is 11.8 Å². The average molecular weight is 174 g/mol. The van der Waals surface area contributed by atoms with E-state index in [1.807, 2.05) is 0 Å². The second-order valence-corrected chi connectivity index (χ2v) is 3.13. The van der Waals surface area contributed by atoms with Crippen LogP contribution >= 0.6 is 11.8 Å². The van der Waals surface area contributed by atoms with Gasteiger partial charge in [-0.3, -0.25) is 4.79 Å². The Morgan fingerprint density at radius 1 is 1.73 bits per heavy atom. The molecule has 1 aliphatic rings. The highest BCUT2D eigenvalue weighted by molar-refractivity contribution is 8.17. The van der Waals surface area contributed by atoms with E-state index in [2.05, 4.69) is 4.74 Å². The molecule has 1 N–H and O–H groups in total. The van der Waals surface area contributed by atoms with Gasteiger partial charge in [0.2, 0.25) is 0 Å². The molecule has 1 aliphatic heterocycles. The van der Waals surface area contributed by atoms with Gasteiger partial charge in [-0.25, -0.2) is 4.79 Å². The standard InChI is InChI=1S/C6H6O4S/c1-3(7)11-5-4(8)2-10-6(5)9/h8H,2H2,1H3. The average Bonchev–Trinajstić information content (AvgIpc) is 2.18. The van der Waals surface area contributed by atoms with E-state index in [-0.39, 0.29) is 22.4 Å². The number of hydrogen-bond acceptors (Lipinski definition) is 5. The molecular formula is C6H6O4S. The lowest BCUT2D eigenvalue weighted by Gasteiger charge is -1.92. The predicted octanol–water partition coefficient (Wildman–Crippen LogP) is 0.593. The van der Waals surface area contributed by atoms with E-state index in [4.69, 9.17) is 5.11 Å². The van der Waals surface area contributed by atoms with Gasteiger partial charge in [-0.1, -0.05) is 0 Å². The second kappa shape index (κ2) is 2.96. The van der Waals surface area contributed by atoms with Crippen molar-refractivity contribution in [2.75, 3.05) is 6.61 Å². The number of thioether (sulfide) groups is 1. The number of rotatable bonds is 1. The second-order valence-electron chi connectivity index (χ2n) is 1.95. The van der Waals surface area contributed by atoms with Gasteiger partial charge in [-0.2, -0.15) is 0 Å². The summed E-state index contributed by atoms with van der Waals surface area (Å²) in [5.41, 5.74) is 0. The Bertz CT molecular complexity index is 243. The van der Waals surface area contributed by atoms with Gasteiger partial charge < -0.3 is 9.84 Å². The maximum Gasteiger partial charge on any atom is 0.349 e. The van der Waals surface area contributed by atoms with Crippen molar-refractivity contribution in [1.82, 2.24) is 0 Å². The first-order valence-corrected chi connectivity index (χ1v) is 3.70. The first kappa shape index (κ1) is 8.13. The number of ether oxygens (including phenoxy) is 1. The summed E-state index contributed by atoms with van der Waals surface area (Å²) in [5, 5.41) is 8.72. The van der Waals surface area contributed by atoms with Crippen molar-refractivity contribution in [3.8, 4) is 0 Å². The maximum absolute atomic E-state index is 10.7. The molecule has 0 fully saturated rings. The quantitative estimate of drug-likeness (QED) is 0.589. The normalized spacial score (nSPS) is 17.0. The van der Waals surface area contributed by atoms with Crippen LogP contribution in [-0.4, -0.2) is 22.8 Å². The molecule has 0 amide bonds. The van der Waals surface area contributed by atoms with Gasteiger partial charge in [0, 0.05) is 6.92 Å². The summed E-state index contributed by atoms with van der Waals surface area (Å²) in [7, 11) is 0. The highest BCUT2D eigenvalue weighted by Crippen LogP contribution is 2.25. The SMILES string of the molecule is CC(=O)SC1=C(O)COC1=O. The summed E-state index contributed by atoms with van der Waals surface area (Å²) in [5.74, 6) is -0.780. The van der Waals surface area contributed by atoms with Crippen molar-refractivity contribution in [2.24, 2.45) is 0 Å². The zero-order chi connectivity index (χ0) is 8.43. The smallest absolute Gasteiger partial charge is 0.349 e. The summed E-state index contributed by atoms with van der Waals surface area (Å²) < 4.78 is 4.44. The summed E-state index contributed by atoms with van der Waals surface area (Å²) in [6.45, 7) is 1.20. The van der Waals surface area contributed by atoms with Crippen molar-refractivity contribution < 1.29 is 19.4 Å². The van der Waals surface area contributed by atoms with Crippen LogP contribution in [0.25, 0.3) is 0 Å². The Kier molecular flexibility index (Phi) is 2.19. The third-order valence-corrected chi connectivity index (χ3v) is 1.93. The molecule has 0 saturated carbocycles. The van der Waals surface area contributed by atoms with Crippen molar-refractivity contribution in [1.29, 1.82) is 0 Å². The molecule has 1 rings (SSSR count). The van der Waals surface area contributed by atoms with Gasteiger partial charge in [0.1, 0.15) is 11.5 Å². The van der Waals surface area contributed by atoms with Gasteiger partial charge in [0.15, 0.2) is 10.9 Å².